The maximum atomic E-state index is 6.53. The van der Waals surface area contributed by atoms with Crippen molar-refractivity contribution < 1.29 is 4.74 Å². The van der Waals surface area contributed by atoms with E-state index in [1.165, 1.54) is 3.57 Å². The van der Waals surface area contributed by atoms with Gasteiger partial charge in [0.1, 0.15) is 5.75 Å². The molecule has 0 spiro atoms. The molecule has 0 saturated heterocycles. The highest BCUT2D eigenvalue weighted by atomic mass is 127. The van der Waals surface area contributed by atoms with E-state index in [1.807, 2.05) is 30.3 Å². The van der Waals surface area contributed by atoms with Crippen LogP contribution in [0.1, 0.15) is 16.5 Å². The lowest BCUT2D eigenvalue weighted by molar-refractivity contribution is 0.414. The number of methoxy groups -OCH3 is 1. The van der Waals surface area contributed by atoms with Crippen molar-refractivity contribution in [3.63, 3.8) is 0 Å². The summed E-state index contributed by atoms with van der Waals surface area (Å²) in [5.74, 6) is 0.817. The Labute approximate surface area is 134 Å². The maximum absolute atomic E-state index is 6.53. The van der Waals surface area contributed by atoms with Gasteiger partial charge in [-0.1, -0.05) is 34.1 Å². The fraction of sp³-hybridized carbons (Fsp3) is 0.143. The predicted octanol–water partition coefficient (Wildman–Crippen LogP) is 5.39. The molecule has 4 heteroatoms. The summed E-state index contributed by atoms with van der Waals surface area (Å²) in [4.78, 5) is 0. The van der Waals surface area contributed by atoms with Gasteiger partial charge in [-0.3, -0.25) is 0 Å². The van der Waals surface area contributed by atoms with Gasteiger partial charge in [-0.05, 0) is 58.0 Å². The van der Waals surface area contributed by atoms with Crippen LogP contribution in [0.25, 0.3) is 0 Å². The van der Waals surface area contributed by atoms with Crippen molar-refractivity contribution in [2.24, 2.45) is 0 Å². The Hall–Kier alpha value is -0.260. The van der Waals surface area contributed by atoms with Gasteiger partial charge >= 0.3 is 0 Å². The Balaban J connectivity index is 2.37. The van der Waals surface area contributed by atoms with Gasteiger partial charge in [0.2, 0.25) is 0 Å². The largest absolute Gasteiger partial charge is 0.497 e. The highest BCUT2D eigenvalue weighted by Gasteiger charge is 2.14. The number of alkyl halides is 1. The molecule has 2 rings (SSSR count). The van der Waals surface area contributed by atoms with Crippen LogP contribution in [0.4, 0.5) is 0 Å². The van der Waals surface area contributed by atoms with Crippen molar-refractivity contribution in [3.8, 4) is 5.75 Å². The predicted molar refractivity (Wildman–Crippen MR) is 87.5 cm³/mol. The van der Waals surface area contributed by atoms with Gasteiger partial charge in [-0.2, -0.15) is 0 Å². The average Bonchev–Trinajstić information content (AvgIpc) is 2.37. The lowest BCUT2D eigenvalue weighted by Gasteiger charge is -2.13. The zero-order chi connectivity index (χ0) is 13.1. The van der Waals surface area contributed by atoms with Crippen LogP contribution in [0.15, 0.2) is 46.9 Å². The van der Waals surface area contributed by atoms with E-state index in [-0.39, 0.29) is 5.38 Å². The number of benzene rings is 2. The first-order chi connectivity index (χ1) is 8.61. The second kappa shape index (κ2) is 6.26. The molecule has 0 aliphatic carbocycles. The van der Waals surface area contributed by atoms with Gasteiger partial charge < -0.3 is 4.74 Å². The summed E-state index contributed by atoms with van der Waals surface area (Å²) in [7, 11) is 1.65. The molecule has 0 fully saturated rings. The van der Waals surface area contributed by atoms with Gasteiger partial charge in [0.15, 0.2) is 0 Å². The van der Waals surface area contributed by atoms with Gasteiger partial charge in [0, 0.05) is 8.04 Å². The summed E-state index contributed by atoms with van der Waals surface area (Å²) < 4.78 is 7.32. The number of hydrogen-bond donors (Lipinski definition) is 0. The van der Waals surface area contributed by atoms with E-state index in [9.17, 15) is 0 Å². The van der Waals surface area contributed by atoms with Crippen LogP contribution in [-0.4, -0.2) is 7.11 Å². The standard InChI is InChI=1S/C14H11BrClIO/c1-18-11-5-6-12(13(15)8-11)14(16)9-3-2-4-10(17)7-9/h2-8,14H,1H3. The molecule has 1 atom stereocenters. The molecule has 0 aromatic heterocycles. The van der Waals surface area contributed by atoms with E-state index in [1.54, 1.807) is 7.11 Å². The number of ether oxygens (including phenoxy) is 1. The molecule has 0 bridgehead atoms. The van der Waals surface area contributed by atoms with Crippen molar-refractivity contribution in [2.45, 2.75) is 5.38 Å². The van der Waals surface area contributed by atoms with Crippen molar-refractivity contribution in [1.29, 1.82) is 0 Å². The van der Waals surface area contributed by atoms with E-state index in [0.717, 1.165) is 21.3 Å². The van der Waals surface area contributed by atoms with Crippen molar-refractivity contribution in [1.82, 2.24) is 0 Å². The molecule has 0 heterocycles. The minimum absolute atomic E-state index is 0.167. The fourth-order valence-corrected chi connectivity index (χ4v) is 3.30. The lowest BCUT2D eigenvalue weighted by Crippen LogP contribution is -1.95. The zero-order valence-electron chi connectivity index (χ0n) is 9.66. The van der Waals surface area contributed by atoms with Crippen LogP contribution in [0, 0.1) is 3.57 Å². The lowest BCUT2D eigenvalue weighted by atomic mass is 10.0. The normalized spacial score (nSPS) is 12.2. The highest BCUT2D eigenvalue weighted by molar-refractivity contribution is 14.1. The SMILES string of the molecule is COc1ccc(C(Cl)c2cccc(I)c2)c(Br)c1. The first-order valence-electron chi connectivity index (χ1n) is 5.35. The van der Waals surface area contributed by atoms with Crippen LogP contribution in [-0.2, 0) is 0 Å². The molecular weight excluding hydrogens is 426 g/mol. The van der Waals surface area contributed by atoms with Crippen molar-refractivity contribution >= 4 is 50.1 Å². The molecule has 1 unspecified atom stereocenters. The van der Waals surface area contributed by atoms with Gasteiger partial charge in [-0.25, -0.2) is 0 Å². The van der Waals surface area contributed by atoms with Gasteiger partial charge in [0.25, 0.3) is 0 Å². The number of rotatable bonds is 3. The molecule has 18 heavy (non-hydrogen) atoms. The summed E-state index contributed by atoms with van der Waals surface area (Å²) in [5, 5.41) is -0.167. The van der Waals surface area contributed by atoms with Crippen LogP contribution in [0.2, 0.25) is 0 Å². The molecule has 0 radical (unpaired) electrons. The summed E-state index contributed by atoms with van der Waals surface area (Å²) in [6.07, 6.45) is 0. The van der Waals surface area contributed by atoms with Crippen molar-refractivity contribution in [3.05, 3.63) is 61.6 Å². The van der Waals surface area contributed by atoms with E-state index in [2.05, 4.69) is 50.7 Å². The first-order valence-corrected chi connectivity index (χ1v) is 7.65. The molecule has 2 aromatic rings. The average molecular weight is 438 g/mol. The molecule has 1 nitrogen and oxygen atoms in total. The summed E-state index contributed by atoms with van der Waals surface area (Å²) >= 11 is 12.4. The van der Waals surface area contributed by atoms with Gasteiger partial charge in [-0.15, -0.1) is 11.6 Å². The van der Waals surface area contributed by atoms with E-state index in [0.29, 0.717) is 0 Å². The molecule has 2 aromatic carbocycles. The maximum Gasteiger partial charge on any atom is 0.120 e. The quantitative estimate of drug-likeness (QED) is 0.462. The van der Waals surface area contributed by atoms with Crippen LogP contribution in [0.3, 0.4) is 0 Å². The highest BCUT2D eigenvalue weighted by Crippen LogP contribution is 2.35. The van der Waals surface area contributed by atoms with Crippen molar-refractivity contribution in [2.75, 3.05) is 7.11 Å². The minimum atomic E-state index is -0.167. The van der Waals surface area contributed by atoms with E-state index < -0.39 is 0 Å². The molecule has 0 N–H and O–H groups in total. The molecule has 0 amide bonds. The van der Waals surface area contributed by atoms with Gasteiger partial charge in [0.05, 0.1) is 12.5 Å². The second-order valence-corrected chi connectivity index (χ2v) is 6.34. The minimum Gasteiger partial charge on any atom is -0.497 e. The monoisotopic (exact) mass is 436 g/mol. The summed E-state index contributed by atoms with van der Waals surface area (Å²) in [5.41, 5.74) is 2.13. The third-order valence-electron chi connectivity index (χ3n) is 2.62. The Morgan fingerprint density at radius 2 is 2.00 bits per heavy atom. The van der Waals surface area contributed by atoms with Crippen LogP contribution in [0.5, 0.6) is 5.75 Å². The Kier molecular flexibility index (Phi) is 4.92. The Morgan fingerprint density at radius 3 is 2.61 bits per heavy atom. The van der Waals surface area contributed by atoms with E-state index >= 15 is 0 Å². The summed E-state index contributed by atoms with van der Waals surface area (Å²) in [6, 6.07) is 14.0. The van der Waals surface area contributed by atoms with E-state index in [4.69, 9.17) is 16.3 Å². The topological polar surface area (TPSA) is 9.23 Å². The Bertz CT molecular complexity index is 559. The molecule has 0 aliphatic rings. The summed E-state index contributed by atoms with van der Waals surface area (Å²) in [6.45, 7) is 0. The second-order valence-electron chi connectivity index (χ2n) is 3.81. The zero-order valence-corrected chi connectivity index (χ0v) is 14.2. The molecule has 94 valence electrons. The fourth-order valence-electron chi connectivity index (χ4n) is 1.68. The molecule has 0 saturated carbocycles. The third-order valence-corrected chi connectivity index (χ3v) is 4.47. The smallest absolute Gasteiger partial charge is 0.120 e. The number of halogens is 3. The Morgan fingerprint density at radius 1 is 1.22 bits per heavy atom. The first kappa shape index (κ1) is 14.2. The molecule has 0 aliphatic heterocycles. The number of hydrogen-bond acceptors (Lipinski definition) is 1. The third kappa shape index (κ3) is 3.19. The molecular formula is C14H11BrClIO. The van der Waals surface area contributed by atoms with Crippen LogP contribution < -0.4 is 4.74 Å². The van der Waals surface area contributed by atoms with Crippen LogP contribution >= 0.6 is 50.1 Å².